The number of carbonyl (C=O) groups excluding carboxylic acids is 1. The second-order valence-electron chi connectivity index (χ2n) is 5.83. The largest absolute Gasteiger partial charge is 0.390 e. The number of likely N-dealkylation sites (N-methyl/N-ethyl adjacent to an activating group) is 1. The number of amides is 1. The molecule has 3 rings (SSSR count). The molecule has 0 radical (unpaired) electrons. The van der Waals surface area contributed by atoms with Crippen molar-refractivity contribution in [2.24, 2.45) is 5.16 Å². The molecule has 2 aromatic rings. The van der Waals surface area contributed by atoms with Gasteiger partial charge in [0.25, 0.3) is 5.91 Å². The molecule has 1 atom stereocenters. The Morgan fingerprint density at radius 3 is 2.60 bits per heavy atom. The topological polar surface area (TPSA) is 41.9 Å². The Balaban J connectivity index is 1.65. The van der Waals surface area contributed by atoms with Gasteiger partial charge in [0.05, 0.1) is 12.3 Å². The molecule has 25 heavy (non-hydrogen) atoms. The minimum atomic E-state index is -0.448. The van der Waals surface area contributed by atoms with E-state index in [1.165, 1.54) is 30.3 Å². The first-order chi connectivity index (χ1) is 12.1. The quantitative estimate of drug-likeness (QED) is 0.831. The van der Waals surface area contributed by atoms with E-state index in [1.807, 2.05) is 6.92 Å². The number of halogens is 2. The van der Waals surface area contributed by atoms with Crippen LogP contribution in [0.15, 0.2) is 53.7 Å². The lowest BCUT2D eigenvalue weighted by Crippen LogP contribution is -2.37. The minimum Gasteiger partial charge on any atom is -0.390 e. The third kappa shape index (κ3) is 4.02. The fourth-order valence-electron chi connectivity index (χ4n) is 2.77. The highest BCUT2D eigenvalue weighted by Crippen LogP contribution is 2.19. The van der Waals surface area contributed by atoms with Gasteiger partial charge in [-0.2, -0.15) is 0 Å². The van der Waals surface area contributed by atoms with Gasteiger partial charge >= 0.3 is 0 Å². The molecule has 0 unspecified atom stereocenters. The standard InChI is InChI=1S/C19H18F2N2O2/c1-2-23(19(24)14-6-4-8-16(21)10-14)12-17-11-18(22-25-17)13-5-3-7-15(20)9-13/h3-10,17H,2,11-12H2,1H3/t17-/m1/s1. The molecule has 2 aromatic carbocycles. The summed E-state index contributed by atoms with van der Waals surface area (Å²) in [7, 11) is 0. The average molecular weight is 344 g/mol. The monoisotopic (exact) mass is 344 g/mol. The summed E-state index contributed by atoms with van der Waals surface area (Å²) in [5.74, 6) is -1.04. The molecule has 1 aliphatic heterocycles. The highest BCUT2D eigenvalue weighted by Gasteiger charge is 2.26. The molecule has 6 heteroatoms. The number of hydrogen-bond donors (Lipinski definition) is 0. The number of rotatable bonds is 5. The maximum absolute atomic E-state index is 13.3. The molecule has 130 valence electrons. The SMILES string of the molecule is CCN(C[C@H]1CC(c2cccc(F)c2)=NO1)C(=O)c1cccc(F)c1. The Morgan fingerprint density at radius 2 is 1.92 bits per heavy atom. The summed E-state index contributed by atoms with van der Waals surface area (Å²) in [6.07, 6.45) is 0.173. The Morgan fingerprint density at radius 1 is 1.20 bits per heavy atom. The molecular weight excluding hydrogens is 326 g/mol. The van der Waals surface area contributed by atoms with Gasteiger partial charge in [0.2, 0.25) is 0 Å². The first kappa shape index (κ1) is 17.1. The molecule has 1 aliphatic rings. The van der Waals surface area contributed by atoms with Crippen LogP contribution in [0.5, 0.6) is 0 Å². The van der Waals surface area contributed by atoms with Crippen LogP contribution in [0.4, 0.5) is 8.78 Å². The summed E-state index contributed by atoms with van der Waals surface area (Å²) in [6, 6.07) is 11.8. The van der Waals surface area contributed by atoms with Gasteiger partial charge in [0.1, 0.15) is 11.6 Å². The lowest BCUT2D eigenvalue weighted by atomic mass is 10.0. The fourth-order valence-corrected chi connectivity index (χ4v) is 2.77. The van der Waals surface area contributed by atoms with Crippen molar-refractivity contribution in [1.29, 1.82) is 0 Å². The van der Waals surface area contributed by atoms with Crippen molar-refractivity contribution < 1.29 is 18.4 Å². The normalized spacial score (nSPS) is 16.3. The van der Waals surface area contributed by atoms with Gasteiger partial charge < -0.3 is 9.74 Å². The third-order valence-corrected chi connectivity index (χ3v) is 4.06. The zero-order valence-electron chi connectivity index (χ0n) is 13.8. The van der Waals surface area contributed by atoms with Gasteiger partial charge in [0, 0.05) is 24.1 Å². The summed E-state index contributed by atoms with van der Waals surface area (Å²) in [5.41, 5.74) is 1.62. The number of hydrogen-bond acceptors (Lipinski definition) is 3. The van der Waals surface area contributed by atoms with Crippen molar-refractivity contribution in [2.45, 2.75) is 19.4 Å². The van der Waals surface area contributed by atoms with E-state index < -0.39 is 5.82 Å². The summed E-state index contributed by atoms with van der Waals surface area (Å²) in [4.78, 5) is 19.5. The van der Waals surface area contributed by atoms with E-state index in [4.69, 9.17) is 4.84 Å². The van der Waals surface area contributed by atoms with Crippen molar-refractivity contribution >= 4 is 11.6 Å². The first-order valence-corrected chi connectivity index (χ1v) is 8.10. The molecule has 0 fully saturated rings. The van der Waals surface area contributed by atoms with Crippen LogP contribution in [-0.4, -0.2) is 35.7 Å². The molecule has 0 aromatic heterocycles. The van der Waals surface area contributed by atoms with Crippen LogP contribution in [0.3, 0.4) is 0 Å². The van der Waals surface area contributed by atoms with Gasteiger partial charge in [-0.3, -0.25) is 4.79 Å². The summed E-state index contributed by atoms with van der Waals surface area (Å²) in [6.45, 7) is 2.64. The van der Waals surface area contributed by atoms with Crippen molar-refractivity contribution in [3.05, 3.63) is 71.3 Å². The molecule has 4 nitrogen and oxygen atoms in total. The van der Waals surface area contributed by atoms with Crippen molar-refractivity contribution in [3.63, 3.8) is 0 Å². The van der Waals surface area contributed by atoms with Gasteiger partial charge in [-0.25, -0.2) is 8.78 Å². The van der Waals surface area contributed by atoms with Crippen LogP contribution in [0.2, 0.25) is 0 Å². The van der Waals surface area contributed by atoms with Crippen LogP contribution in [0, 0.1) is 11.6 Å². The zero-order valence-corrected chi connectivity index (χ0v) is 13.8. The zero-order chi connectivity index (χ0) is 17.8. The molecule has 0 spiro atoms. The molecule has 0 saturated heterocycles. The molecule has 0 saturated carbocycles. The maximum atomic E-state index is 13.3. The Kier molecular flexibility index (Phi) is 5.07. The minimum absolute atomic E-state index is 0.259. The van der Waals surface area contributed by atoms with Crippen molar-refractivity contribution in [3.8, 4) is 0 Å². The lowest BCUT2D eigenvalue weighted by Gasteiger charge is -2.23. The van der Waals surface area contributed by atoms with Crippen LogP contribution >= 0.6 is 0 Å². The third-order valence-electron chi connectivity index (χ3n) is 4.06. The smallest absolute Gasteiger partial charge is 0.254 e. The molecular formula is C19H18F2N2O2. The van der Waals surface area contributed by atoms with Gasteiger partial charge in [-0.05, 0) is 37.3 Å². The summed E-state index contributed by atoms with van der Waals surface area (Å²) in [5, 5.41) is 4.01. The predicted octanol–water partition coefficient (Wildman–Crippen LogP) is 3.62. The van der Waals surface area contributed by atoms with E-state index in [0.717, 1.165) is 0 Å². The molecule has 0 bridgehead atoms. The predicted molar refractivity (Wildman–Crippen MR) is 90.4 cm³/mol. The average Bonchev–Trinajstić information content (AvgIpc) is 3.08. The van der Waals surface area contributed by atoms with E-state index in [9.17, 15) is 13.6 Å². The van der Waals surface area contributed by atoms with Crippen molar-refractivity contribution in [1.82, 2.24) is 4.90 Å². The number of carbonyl (C=O) groups is 1. The number of oxime groups is 1. The Labute approximate surface area is 144 Å². The summed E-state index contributed by atoms with van der Waals surface area (Å²) >= 11 is 0. The first-order valence-electron chi connectivity index (χ1n) is 8.10. The highest BCUT2D eigenvalue weighted by atomic mass is 19.1. The molecule has 1 amide bonds. The van der Waals surface area contributed by atoms with Gasteiger partial charge in [-0.15, -0.1) is 0 Å². The van der Waals surface area contributed by atoms with E-state index in [0.29, 0.717) is 36.3 Å². The van der Waals surface area contributed by atoms with Crippen LogP contribution in [0.1, 0.15) is 29.3 Å². The molecule has 0 N–H and O–H groups in total. The molecule has 0 aliphatic carbocycles. The highest BCUT2D eigenvalue weighted by molar-refractivity contribution is 6.01. The Hall–Kier alpha value is -2.76. The van der Waals surface area contributed by atoms with Crippen molar-refractivity contribution in [2.75, 3.05) is 13.1 Å². The number of benzene rings is 2. The van der Waals surface area contributed by atoms with Crippen LogP contribution < -0.4 is 0 Å². The van der Waals surface area contributed by atoms with E-state index in [1.54, 1.807) is 23.1 Å². The fraction of sp³-hybridized carbons (Fsp3) is 0.263. The van der Waals surface area contributed by atoms with E-state index in [2.05, 4.69) is 5.16 Å². The van der Waals surface area contributed by atoms with Gasteiger partial charge in [0.15, 0.2) is 6.10 Å². The summed E-state index contributed by atoms with van der Waals surface area (Å²) < 4.78 is 26.7. The van der Waals surface area contributed by atoms with Crippen LogP contribution in [0.25, 0.3) is 0 Å². The maximum Gasteiger partial charge on any atom is 0.254 e. The second kappa shape index (κ2) is 7.42. The lowest BCUT2D eigenvalue weighted by molar-refractivity contribution is 0.0435. The Bertz CT molecular complexity index is 808. The van der Waals surface area contributed by atoms with E-state index in [-0.39, 0.29) is 17.8 Å². The van der Waals surface area contributed by atoms with Crippen LogP contribution in [-0.2, 0) is 4.84 Å². The second-order valence-corrected chi connectivity index (χ2v) is 5.83. The van der Waals surface area contributed by atoms with E-state index >= 15 is 0 Å². The van der Waals surface area contributed by atoms with Gasteiger partial charge in [-0.1, -0.05) is 23.4 Å². The molecule has 1 heterocycles. The number of nitrogens with zero attached hydrogens (tertiary/aromatic N) is 2.